The van der Waals surface area contributed by atoms with Crippen molar-refractivity contribution >= 4 is 17.3 Å². The van der Waals surface area contributed by atoms with E-state index in [4.69, 9.17) is 4.74 Å². The second-order valence-corrected chi connectivity index (χ2v) is 6.99. The van der Waals surface area contributed by atoms with Gasteiger partial charge in [0.05, 0.1) is 18.7 Å². The maximum atomic E-state index is 12.9. The highest BCUT2D eigenvalue weighted by Crippen LogP contribution is 2.16. The van der Waals surface area contributed by atoms with E-state index in [1.54, 1.807) is 15.5 Å². The molecule has 1 aliphatic heterocycles. The molecule has 1 saturated heterocycles. The van der Waals surface area contributed by atoms with Crippen LogP contribution >= 0.6 is 0 Å². The minimum absolute atomic E-state index is 0.167. The van der Waals surface area contributed by atoms with E-state index in [1.807, 2.05) is 36.4 Å². The number of aryl methyl sites for hydroxylation is 1. The fourth-order valence-electron chi connectivity index (χ4n) is 3.49. The van der Waals surface area contributed by atoms with Crippen molar-refractivity contribution in [2.75, 3.05) is 32.8 Å². The number of carbonyl (C=O) groups excluding carboxylic acids is 2. The number of nitrogens with zero attached hydrogens (tertiary/aromatic N) is 3. The molecular weight excluding hydrogens is 368 g/mol. The lowest BCUT2D eigenvalue weighted by Crippen LogP contribution is -2.41. The molecule has 0 saturated carbocycles. The van der Waals surface area contributed by atoms with Gasteiger partial charge in [-0.1, -0.05) is 36.4 Å². The van der Waals surface area contributed by atoms with Crippen LogP contribution in [0.5, 0.6) is 0 Å². The first-order chi connectivity index (χ1) is 14.2. The Bertz CT molecular complexity index is 994. The molecular formula is C22H24N4O3. The zero-order valence-corrected chi connectivity index (χ0v) is 16.2. The number of benzene rings is 1. The van der Waals surface area contributed by atoms with E-state index in [0.717, 1.165) is 12.8 Å². The third-order valence-corrected chi connectivity index (χ3v) is 5.02. The van der Waals surface area contributed by atoms with Gasteiger partial charge in [0.15, 0.2) is 5.69 Å². The van der Waals surface area contributed by atoms with Crippen LogP contribution in [0, 0.1) is 0 Å². The zero-order valence-electron chi connectivity index (χ0n) is 16.2. The van der Waals surface area contributed by atoms with E-state index in [0.29, 0.717) is 44.1 Å². The number of fused-ring (bicyclic) bond motifs is 1. The quantitative estimate of drug-likeness (QED) is 0.653. The molecule has 1 fully saturated rings. The van der Waals surface area contributed by atoms with Gasteiger partial charge in [0, 0.05) is 25.8 Å². The number of hydrogen-bond acceptors (Lipinski definition) is 4. The normalized spacial score (nSPS) is 14.1. The van der Waals surface area contributed by atoms with Gasteiger partial charge in [-0.2, -0.15) is 0 Å². The summed E-state index contributed by atoms with van der Waals surface area (Å²) < 4.78 is 7.00. The van der Waals surface area contributed by atoms with Crippen molar-refractivity contribution in [3.63, 3.8) is 0 Å². The topological polar surface area (TPSA) is 75.9 Å². The van der Waals surface area contributed by atoms with E-state index >= 15 is 0 Å². The average Bonchev–Trinajstić information content (AvgIpc) is 3.17. The molecule has 0 unspecified atom stereocenters. The van der Waals surface area contributed by atoms with Crippen molar-refractivity contribution < 1.29 is 14.3 Å². The van der Waals surface area contributed by atoms with E-state index < -0.39 is 0 Å². The van der Waals surface area contributed by atoms with Gasteiger partial charge >= 0.3 is 0 Å². The Labute approximate surface area is 169 Å². The lowest BCUT2D eigenvalue weighted by atomic mass is 10.1. The minimum atomic E-state index is -0.278. The molecule has 3 aromatic rings. The van der Waals surface area contributed by atoms with Crippen LogP contribution in [0.25, 0.3) is 5.52 Å². The third kappa shape index (κ3) is 4.30. The standard InChI is InChI=1S/C22H24N4O3/c27-21(23-11-6-9-17-7-2-1-3-8-17)20-24-19(18-10-4-5-12-26(18)20)22(28)25-13-15-29-16-14-25/h1-5,7-8,10,12H,6,9,11,13-16H2,(H,23,27). The van der Waals surface area contributed by atoms with Gasteiger partial charge in [0.1, 0.15) is 0 Å². The Morgan fingerprint density at radius 1 is 1.03 bits per heavy atom. The maximum Gasteiger partial charge on any atom is 0.287 e. The maximum absolute atomic E-state index is 12.9. The number of morpholine rings is 1. The second-order valence-electron chi connectivity index (χ2n) is 6.99. The smallest absolute Gasteiger partial charge is 0.287 e. The number of amides is 2. The number of ether oxygens (including phenoxy) is 1. The van der Waals surface area contributed by atoms with Crippen LogP contribution in [0.3, 0.4) is 0 Å². The minimum Gasteiger partial charge on any atom is -0.378 e. The molecule has 0 atom stereocenters. The summed E-state index contributed by atoms with van der Waals surface area (Å²) in [6.45, 7) is 2.65. The van der Waals surface area contributed by atoms with Gasteiger partial charge in [0.25, 0.3) is 11.8 Å². The number of carbonyl (C=O) groups is 2. The monoisotopic (exact) mass is 392 g/mol. The van der Waals surface area contributed by atoms with Crippen LogP contribution in [0.4, 0.5) is 0 Å². The van der Waals surface area contributed by atoms with E-state index in [1.165, 1.54) is 5.56 Å². The Morgan fingerprint density at radius 2 is 1.79 bits per heavy atom. The molecule has 1 N–H and O–H groups in total. The first-order valence-electron chi connectivity index (χ1n) is 9.90. The van der Waals surface area contributed by atoms with Crippen LogP contribution in [-0.2, 0) is 11.2 Å². The van der Waals surface area contributed by atoms with Gasteiger partial charge in [-0.25, -0.2) is 4.98 Å². The lowest BCUT2D eigenvalue weighted by Gasteiger charge is -2.26. The largest absolute Gasteiger partial charge is 0.378 e. The third-order valence-electron chi connectivity index (χ3n) is 5.02. The van der Waals surface area contributed by atoms with Crippen molar-refractivity contribution in [1.29, 1.82) is 0 Å². The van der Waals surface area contributed by atoms with Gasteiger partial charge in [-0.15, -0.1) is 0 Å². The first-order valence-corrected chi connectivity index (χ1v) is 9.90. The fraction of sp³-hybridized carbons (Fsp3) is 0.318. The molecule has 7 heteroatoms. The van der Waals surface area contributed by atoms with Crippen molar-refractivity contribution in [3.8, 4) is 0 Å². The van der Waals surface area contributed by atoms with Gasteiger partial charge < -0.3 is 15.0 Å². The summed E-state index contributed by atoms with van der Waals surface area (Å²) in [7, 11) is 0. The van der Waals surface area contributed by atoms with Crippen LogP contribution in [0.2, 0.25) is 0 Å². The molecule has 2 aromatic heterocycles. The number of rotatable bonds is 6. The Balaban J connectivity index is 1.46. The van der Waals surface area contributed by atoms with Crippen molar-refractivity contribution in [2.24, 2.45) is 0 Å². The van der Waals surface area contributed by atoms with Gasteiger partial charge in [0.2, 0.25) is 5.82 Å². The van der Waals surface area contributed by atoms with Crippen LogP contribution in [0.15, 0.2) is 54.7 Å². The summed E-state index contributed by atoms with van der Waals surface area (Å²) in [6.07, 6.45) is 3.49. The molecule has 7 nitrogen and oxygen atoms in total. The van der Waals surface area contributed by atoms with Gasteiger partial charge in [-0.3, -0.25) is 14.0 Å². The molecule has 0 radical (unpaired) electrons. The summed E-state index contributed by atoms with van der Waals surface area (Å²) in [4.78, 5) is 31.8. The highest BCUT2D eigenvalue weighted by atomic mass is 16.5. The predicted octanol–water partition coefficient (Wildman–Crippen LogP) is 2.17. The molecule has 3 heterocycles. The molecule has 0 bridgehead atoms. The molecule has 1 aromatic carbocycles. The highest BCUT2D eigenvalue weighted by Gasteiger charge is 2.26. The molecule has 4 rings (SSSR count). The summed E-state index contributed by atoms with van der Waals surface area (Å²) in [5, 5.41) is 2.93. The average molecular weight is 392 g/mol. The summed E-state index contributed by atoms with van der Waals surface area (Å²) >= 11 is 0. The lowest BCUT2D eigenvalue weighted by molar-refractivity contribution is 0.0300. The molecule has 0 spiro atoms. The Hall–Kier alpha value is -3.19. The molecule has 150 valence electrons. The highest BCUT2D eigenvalue weighted by molar-refractivity contribution is 6.02. The van der Waals surface area contributed by atoms with Gasteiger partial charge in [-0.05, 0) is 30.5 Å². The van der Waals surface area contributed by atoms with Crippen LogP contribution < -0.4 is 5.32 Å². The second kappa shape index (κ2) is 8.87. The Kier molecular flexibility index (Phi) is 5.86. The number of imidazole rings is 1. The van der Waals surface area contributed by atoms with Crippen molar-refractivity contribution in [3.05, 3.63) is 71.8 Å². The zero-order chi connectivity index (χ0) is 20.1. The first kappa shape index (κ1) is 19.1. The van der Waals surface area contributed by atoms with E-state index in [9.17, 15) is 9.59 Å². The number of nitrogens with one attached hydrogen (secondary N) is 1. The number of pyridine rings is 1. The van der Waals surface area contributed by atoms with Crippen LogP contribution in [0.1, 0.15) is 33.1 Å². The Morgan fingerprint density at radius 3 is 2.59 bits per heavy atom. The number of hydrogen-bond donors (Lipinski definition) is 1. The van der Waals surface area contributed by atoms with Crippen molar-refractivity contribution in [2.45, 2.75) is 12.8 Å². The summed E-state index contributed by atoms with van der Waals surface area (Å²) in [6, 6.07) is 15.6. The number of aromatic nitrogens is 2. The van der Waals surface area contributed by atoms with Crippen molar-refractivity contribution in [1.82, 2.24) is 19.6 Å². The van der Waals surface area contributed by atoms with E-state index in [2.05, 4.69) is 22.4 Å². The van der Waals surface area contributed by atoms with E-state index in [-0.39, 0.29) is 17.6 Å². The molecule has 1 aliphatic rings. The summed E-state index contributed by atoms with van der Waals surface area (Å²) in [5.74, 6) is -0.211. The predicted molar refractivity (Wildman–Crippen MR) is 109 cm³/mol. The van der Waals surface area contributed by atoms with Crippen LogP contribution in [-0.4, -0.2) is 58.9 Å². The summed E-state index contributed by atoms with van der Waals surface area (Å²) in [5.41, 5.74) is 2.19. The SMILES string of the molecule is O=C(NCCCc1ccccc1)c1nc(C(=O)N2CCOCC2)c2ccccn12. The molecule has 29 heavy (non-hydrogen) atoms. The molecule has 0 aliphatic carbocycles. The fourth-order valence-corrected chi connectivity index (χ4v) is 3.49. The molecule has 2 amide bonds.